The standard InChI is InChI=1S/C11H8BrFN2O/c12-7-1-2-9(13)8(5-7)11(16)10-6-14-3-4-15-10/h1-6,11,16H/t11-/m1/s1. The maximum absolute atomic E-state index is 13.5. The molecule has 5 heteroatoms. The van der Waals surface area contributed by atoms with Crippen molar-refractivity contribution in [3.05, 3.63) is 58.3 Å². The molecule has 0 unspecified atom stereocenters. The fourth-order valence-electron chi connectivity index (χ4n) is 1.34. The summed E-state index contributed by atoms with van der Waals surface area (Å²) in [6.45, 7) is 0. The Bertz CT molecular complexity index is 493. The van der Waals surface area contributed by atoms with Crippen molar-refractivity contribution in [2.45, 2.75) is 6.10 Å². The van der Waals surface area contributed by atoms with E-state index in [1.54, 1.807) is 6.07 Å². The number of halogens is 2. The zero-order valence-corrected chi connectivity index (χ0v) is 9.73. The Labute approximate surface area is 100 Å². The molecule has 1 atom stereocenters. The fourth-order valence-corrected chi connectivity index (χ4v) is 1.71. The van der Waals surface area contributed by atoms with E-state index in [0.29, 0.717) is 10.2 Å². The van der Waals surface area contributed by atoms with Crippen molar-refractivity contribution in [1.29, 1.82) is 0 Å². The third-order valence-corrected chi connectivity index (χ3v) is 2.61. The molecule has 1 heterocycles. The molecule has 0 saturated carbocycles. The van der Waals surface area contributed by atoms with E-state index < -0.39 is 11.9 Å². The predicted octanol–water partition coefficient (Wildman–Crippen LogP) is 2.46. The largest absolute Gasteiger partial charge is 0.382 e. The predicted molar refractivity (Wildman–Crippen MR) is 60.2 cm³/mol. The summed E-state index contributed by atoms with van der Waals surface area (Å²) in [4.78, 5) is 7.76. The van der Waals surface area contributed by atoms with Crippen LogP contribution < -0.4 is 0 Å². The van der Waals surface area contributed by atoms with Crippen LogP contribution in [0, 0.1) is 5.82 Å². The van der Waals surface area contributed by atoms with Gasteiger partial charge >= 0.3 is 0 Å². The molecular weight excluding hydrogens is 275 g/mol. The van der Waals surface area contributed by atoms with Gasteiger partial charge in [-0.25, -0.2) is 4.39 Å². The lowest BCUT2D eigenvalue weighted by Crippen LogP contribution is -2.05. The van der Waals surface area contributed by atoms with Crippen LogP contribution in [0.3, 0.4) is 0 Å². The normalized spacial score (nSPS) is 12.4. The van der Waals surface area contributed by atoms with Gasteiger partial charge in [0.2, 0.25) is 0 Å². The number of aliphatic hydroxyl groups is 1. The molecule has 0 aliphatic carbocycles. The number of aromatic nitrogens is 2. The zero-order chi connectivity index (χ0) is 11.5. The highest BCUT2D eigenvalue weighted by Crippen LogP contribution is 2.25. The SMILES string of the molecule is O[C@@H](c1cnccn1)c1cc(Br)ccc1F. The number of nitrogens with zero attached hydrogens (tertiary/aromatic N) is 2. The van der Waals surface area contributed by atoms with Crippen molar-refractivity contribution in [2.24, 2.45) is 0 Å². The zero-order valence-electron chi connectivity index (χ0n) is 8.14. The minimum atomic E-state index is -1.11. The van der Waals surface area contributed by atoms with Crippen LogP contribution in [0.4, 0.5) is 4.39 Å². The van der Waals surface area contributed by atoms with Gasteiger partial charge in [0.15, 0.2) is 0 Å². The molecule has 0 aliphatic rings. The Kier molecular flexibility index (Phi) is 3.26. The fraction of sp³-hybridized carbons (Fsp3) is 0.0909. The van der Waals surface area contributed by atoms with Crippen LogP contribution in [0.25, 0.3) is 0 Å². The van der Waals surface area contributed by atoms with Gasteiger partial charge in [0, 0.05) is 22.4 Å². The van der Waals surface area contributed by atoms with Crippen molar-refractivity contribution in [3.63, 3.8) is 0 Å². The Morgan fingerprint density at radius 1 is 1.31 bits per heavy atom. The molecule has 0 saturated heterocycles. The smallest absolute Gasteiger partial charge is 0.129 e. The topological polar surface area (TPSA) is 46.0 Å². The van der Waals surface area contributed by atoms with Gasteiger partial charge in [0.25, 0.3) is 0 Å². The van der Waals surface area contributed by atoms with Crippen molar-refractivity contribution >= 4 is 15.9 Å². The first-order chi connectivity index (χ1) is 7.68. The number of aliphatic hydroxyl groups excluding tert-OH is 1. The van der Waals surface area contributed by atoms with Crippen LogP contribution in [-0.4, -0.2) is 15.1 Å². The highest BCUT2D eigenvalue weighted by Gasteiger charge is 2.16. The van der Waals surface area contributed by atoms with Gasteiger partial charge in [-0.3, -0.25) is 9.97 Å². The molecule has 3 nitrogen and oxygen atoms in total. The molecule has 0 amide bonds. The molecule has 0 aliphatic heterocycles. The van der Waals surface area contributed by atoms with Crippen LogP contribution >= 0.6 is 15.9 Å². The summed E-state index contributed by atoms with van der Waals surface area (Å²) in [5.41, 5.74) is 0.495. The van der Waals surface area contributed by atoms with Crippen LogP contribution in [-0.2, 0) is 0 Å². The molecule has 1 aromatic heterocycles. The summed E-state index contributed by atoms with van der Waals surface area (Å²) in [5.74, 6) is -0.471. The molecule has 1 N–H and O–H groups in total. The second-order valence-corrected chi connectivity index (χ2v) is 4.11. The van der Waals surface area contributed by atoms with Gasteiger partial charge in [-0.05, 0) is 18.2 Å². The molecule has 0 bridgehead atoms. The Balaban J connectivity index is 2.41. The lowest BCUT2D eigenvalue weighted by Gasteiger charge is -2.11. The second-order valence-electron chi connectivity index (χ2n) is 3.20. The average molecular weight is 283 g/mol. The molecule has 0 spiro atoms. The number of rotatable bonds is 2. The lowest BCUT2D eigenvalue weighted by molar-refractivity contribution is 0.209. The molecule has 0 fully saturated rings. The molecule has 0 radical (unpaired) electrons. The summed E-state index contributed by atoms with van der Waals surface area (Å²) >= 11 is 3.22. The first-order valence-corrected chi connectivity index (χ1v) is 5.36. The Morgan fingerprint density at radius 2 is 2.12 bits per heavy atom. The van der Waals surface area contributed by atoms with Gasteiger partial charge in [0.1, 0.15) is 11.9 Å². The molecule has 2 aromatic rings. The van der Waals surface area contributed by atoms with Crippen molar-refractivity contribution < 1.29 is 9.50 Å². The molecule has 1 aromatic carbocycles. The maximum atomic E-state index is 13.5. The monoisotopic (exact) mass is 282 g/mol. The van der Waals surface area contributed by atoms with E-state index in [2.05, 4.69) is 25.9 Å². The molecule has 82 valence electrons. The van der Waals surface area contributed by atoms with Gasteiger partial charge in [-0.1, -0.05) is 15.9 Å². The third-order valence-electron chi connectivity index (χ3n) is 2.12. The Hall–Kier alpha value is -1.33. The summed E-state index contributed by atoms with van der Waals surface area (Å²) in [6.07, 6.45) is 3.25. The Morgan fingerprint density at radius 3 is 2.81 bits per heavy atom. The molecule has 2 rings (SSSR count). The summed E-state index contributed by atoms with van der Waals surface area (Å²) in [5, 5.41) is 9.93. The van der Waals surface area contributed by atoms with Crippen LogP contribution in [0.15, 0.2) is 41.3 Å². The van der Waals surface area contributed by atoms with Crippen molar-refractivity contribution in [2.75, 3.05) is 0 Å². The van der Waals surface area contributed by atoms with Gasteiger partial charge in [-0.2, -0.15) is 0 Å². The van der Waals surface area contributed by atoms with E-state index in [1.165, 1.54) is 30.7 Å². The quantitative estimate of drug-likeness (QED) is 0.920. The molecule has 16 heavy (non-hydrogen) atoms. The van der Waals surface area contributed by atoms with E-state index in [0.717, 1.165) is 0 Å². The van der Waals surface area contributed by atoms with Crippen LogP contribution in [0.2, 0.25) is 0 Å². The summed E-state index contributed by atoms with van der Waals surface area (Å²) < 4.78 is 14.2. The summed E-state index contributed by atoms with van der Waals surface area (Å²) in [7, 11) is 0. The van der Waals surface area contributed by atoms with Crippen molar-refractivity contribution in [3.8, 4) is 0 Å². The van der Waals surface area contributed by atoms with Gasteiger partial charge in [-0.15, -0.1) is 0 Å². The summed E-state index contributed by atoms with van der Waals surface area (Å²) in [6, 6.07) is 4.38. The maximum Gasteiger partial charge on any atom is 0.129 e. The number of hydrogen-bond acceptors (Lipinski definition) is 3. The first kappa shape index (κ1) is 11.2. The minimum Gasteiger partial charge on any atom is -0.382 e. The third kappa shape index (κ3) is 2.25. The first-order valence-electron chi connectivity index (χ1n) is 4.57. The lowest BCUT2D eigenvalue weighted by atomic mass is 10.1. The van der Waals surface area contributed by atoms with Crippen molar-refractivity contribution in [1.82, 2.24) is 9.97 Å². The second kappa shape index (κ2) is 4.67. The van der Waals surface area contributed by atoms with E-state index in [9.17, 15) is 9.50 Å². The van der Waals surface area contributed by atoms with Gasteiger partial charge in [0.05, 0.1) is 11.9 Å². The number of hydrogen-bond donors (Lipinski definition) is 1. The average Bonchev–Trinajstić information content (AvgIpc) is 2.32. The minimum absolute atomic E-state index is 0.176. The highest BCUT2D eigenvalue weighted by atomic mass is 79.9. The van der Waals surface area contributed by atoms with E-state index in [4.69, 9.17) is 0 Å². The highest BCUT2D eigenvalue weighted by molar-refractivity contribution is 9.10. The van der Waals surface area contributed by atoms with E-state index >= 15 is 0 Å². The van der Waals surface area contributed by atoms with Crippen LogP contribution in [0.1, 0.15) is 17.4 Å². The van der Waals surface area contributed by atoms with Crippen LogP contribution in [0.5, 0.6) is 0 Å². The van der Waals surface area contributed by atoms with E-state index in [1.807, 2.05) is 0 Å². The number of benzene rings is 1. The van der Waals surface area contributed by atoms with E-state index in [-0.39, 0.29) is 5.56 Å². The molecular formula is C11H8BrFN2O. The van der Waals surface area contributed by atoms with Gasteiger partial charge < -0.3 is 5.11 Å².